The van der Waals surface area contributed by atoms with Crippen LogP contribution in [0.3, 0.4) is 0 Å². The summed E-state index contributed by atoms with van der Waals surface area (Å²) < 4.78 is 5.69. The van der Waals surface area contributed by atoms with Gasteiger partial charge in [0.2, 0.25) is 0 Å². The molecule has 0 amide bonds. The third-order valence-electron chi connectivity index (χ3n) is 4.95. The van der Waals surface area contributed by atoms with Gasteiger partial charge in [0.15, 0.2) is 5.78 Å². The number of ketones is 1. The minimum Gasteiger partial charge on any atom is -0.490 e. The van der Waals surface area contributed by atoms with Gasteiger partial charge >= 0.3 is 0 Å². The van der Waals surface area contributed by atoms with Crippen LogP contribution < -0.4 is 4.74 Å². The maximum absolute atomic E-state index is 11.6. The summed E-state index contributed by atoms with van der Waals surface area (Å²) in [6, 6.07) is 15.1. The monoisotopic (exact) mass is 402 g/mol. The summed E-state index contributed by atoms with van der Waals surface area (Å²) in [6.45, 7) is 6.92. The molecule has 3 rings (SSSR count). The predicted molar refractivity (Wildman–Crippen MR) is 111 cm³/mol. The largest absolute Gasteiger partial charge is 0.490 e. The Morgan fingerprint density at radius 3 is 2.39 bits per heavy atom. The van der Waals surface area contributed by atoms with Gasteiger partial charge in [-0.3, -0.25) is 14.6 Å². The fraction of sp³-hybridized carbons (Fsp3) is 0.409. The van der Waals surface area contributed by atoms with E-state index in [-0.39, 0.29) is 12.4 Å². The van der Waals surface area contributed by atoms with E-state index in [2.05, 4.69) is 21.9 Å². The Labute approximate surface area is 171 Å². The van der Waals surface area contributed by atoms with Crippen LogP contribution in [0.15, 0.2) is 48.5 Å². The van der Waals surface area contributed by atoms with Crippen molar-refractivity contribution in [1.29, 1.82) is 0 Å². The molecule has 1 fully saturated rings. The number of β-amino-alcohol motifs (C(OH)–C–C–N with tert-alkyl or cyclic N) is 1. The van der Waals surface area contributed by atoms with Crippen LogP contribution in [0.5, 0.6) is 5.75 Å². The van der Waals surface area contributed by atoms with E-state index in [1.807, 2.05) is 24.3 Å². The Bertz CT molecular complexity index is 774. The van der Waals surface area contributed by atoms with Gasteiger partial charge in [-0.2, -0.15) is 0 Å². The summed E-state index contributed by atoms with van der Waals surface area (Å²) in [7, 11) is 0. The summed E-state index contributed by atoms with van der Waals surface area (Å²) >= 11 is 5.94. The number of aliphatic hydroxyl groups is 1. The van der Waals surface area contributed by atoms with Crippen LogP contribution in [-0.4, -0.2) is 66.1 Å². The number of halogens is 1. The number of hydrogen-bond donors (Lipinski definition) is 1. The van der Waals surface area contributed by atoms with Crippen molar-refractivity contribution in [3.8, 4) is 5.75 Å². The van der Waals surface area contributed by atoms with Gasteiger partial charge < -0.3 is 9.84 Å². The maximum Gasteiger partial charge on any atom is 0.163 e. The molecule has 1 aliphatic rings. The van der Waals surface area contributed by atoms with Crippen LogP contribution in [0.4, 0.5) is 0 Å². The summed E-state index contributed by atoms with van der Waals surface area (Å²) in [5.41, 5.74) is 1.81. The van der Waals surface area contributed by atoms with Gasteiger partial charge in [0.25, 0.3) is 0 Å². The van der Waals surface area contributed by atoms with Crippen molar-refractivity contribution in [2.75, 3.05) is 39.3 Å². The highest BCUT2D eigenvalue weighted by atomic mass is 35.5. The van der Waals surface area contributed by atoms with Crippen LogP contribution in [0.2, 0.25) is 5.02 Å². The summed E-state index contributed by atoms with van der Waals surface area (Å²) in [5.74, 6) is 0.490. The van der Waals surface area contributed by atoms with Crippen LogP contribution in [0.1, 0.15) is 22.8 Å². The van der Waals surface area contributed by atoms with Gasteiger partial charge in [0.05, 0.1) is 5.56 Å². The molecule has 0 aromatic heterocycles. The maximum atomic E-state index is 11.6. The molecule has 0 bridgehead atoms. The highest BCUT2D eigenvalue weighted by Crippen LogP contribution is 2.19. The molecule has 1 atom stereocenters. The van der Waals surface area contributed by atoms with Crippen molar-refractivity contribution in [3.63, 3.8) is 0 Å². The van der Waals surface area contributed by atoms with Crippen molar-refractivity contribution in [2.45, 2.75) is 19.6 Å². The number of benzene rings is 2. The highest BCUT2D eigenvalue weighted by Gasteiger charge is 2.20. The first-order valence-corrected chi connectivity index (χ1v) is 9.99. The molecule has 150 valence electrons. The Hall–Kier alpha value is -1.92. The number of para-hydroxylation sites is 1. The fourth-order valence-corrected chi connectivity index (χ4v) is 3.52. The molecule has 5 nitrogen and oxygen atoms in total. The first-order chi connectivity index (χ1) is 13.5. The van der Waals surface area contributed by atoms with Crippen LogP contribution in [0.25, 0.3) is 0 Å². The van der Waals surface area contributed by atoms with E-state index in [0.29, 0.717) is 17.9 Å². The number of ether oxygens (including phenoxy) is 1. The van der Waals surface area contributed by atoms with Gasteiger partial charge in [0, 0.05) is 44.3 Å². The average molecular weight is 403 g/mol. The molecule has 0 radical (unpaired) electrons. The van der Waals surface area contributed by atoms with Crippen LogP contribution in [-0.2, 0) is 6.54 Å². The Balaban J connectivity index is 1.41. The van der Waals surface area contributed by atoms with E-state index >= 15 is 0 Å². The number of carbonyl (C=O) groups is 1. The smallest absolute Gasteiger partial charge is 0.163 e. The lowest BCUT2D eigenvalue weighted by Gasteiger charge is -2.35. The SMILES string of the molecule is CC(=O)c1ccccc1OCC(O)CN1CCN(Cc2ccc(Cl)cc2)CC1. The molecule has 1 N–H and O–H groups in total. The summed E-state index contributed by atoms with van der Waals surface area (Å²) in [4.78, 5) is 16.3. The van der Waals surface area contributed by atoms with Crippen molar-refractivity contribution in [2.24, 2.45) is 0 Å². The van der Waals surface area contributed by atoms with E-state index < -0.39 is 6.10 Å². The number of Topliss-reactive ketones (excluding diaryl/α,β-unsaturated/α-hetero) is 1. The zero-order valence-electron chi connectivity index (χ0n) is 16.2. The molecular formula is C22H27ClN2O3. The quantitative estimate of drug-likeness (QED) is 0.687. The van der Waals surface area contributed by atoms with Gasteiger partial charge in [-0.25, -0.2) is 0 Å². The van der Waals surface area contributed by atoms with Gasteiger partial charge in [-0.15, -0.1) is 0 Å². The third-order valence-corrected chi connectivity index (χ3v) is 5.20. The lowest BCUT2D eigenvalue weighted by Crippen LogP contribution is -2.48. The Morgan fingerprint density at radius 1 is 1.07 bits per heavy atom. The molecule has 28 heavy (non-hydrogen) atoms. The number of hydrogen-bond acceptors (Lipinski definition) is 5. The Kier molecular flexibility index (Phi) is 7.45. The second-order valence-corrected chi connectivity index (χ2v) is 7.66. The van der Waals surface area contributed by atoms with Gasteiger partial charge in [0.1, 0.15) is 18.5 Å². The van der Waals surface area contributed by atoms with E-state index in [1.54, 1.807) is 12.1 Å². The number of aliphatic hydroxyl groups excluding tert-OH is 1. The second-order valence-electron chi connectivity index (χ2n) is 7.22. The Morgan fingerprint density at radius 2 is 1.71 bits per heavy atom. The van der Waals surface area contributed by atoms with Crippen molar-refractivity contribution in [3.05, 3.63) is 64.7 Å². The lowest BCUT2D eigenvalue weighted by atomic mass is 10.1. The number of rotatable bonds is 8. The van der Waals surface area contributed by atoms with Crippen LogP contribution in [0, 0.1) is 0 Å². The fourth-order valence-electron chi connectivity index (χ4n) is 3.40. The molecule has 1 saturated heterocycles. The summed E-state index contributed by atoms with van der Waals surface area (Å²) in [5, 5.41) is 11.1. The molecule has 1 aliphatic heterocycles. The molecule has 0 spiro atoms. The molecule has 1 unspecified atom stereocenters. The molecular weight excluding hydrogens is 376 g/mol. The van der Waals surface area contributed by atoms with Gasteiger partial charge in [-0.05, 0) is 36.8 Å². The highest BCUT2D eigenvalue weighted by molar-refractivity contribution is 6.30. The summed E-state index contributed by atoms with van der Waals surface area (Å²) in [6.07, 6.45) is -0.595. The molecule has 2 aromatic rings. The third kappa shape index (κ3) is 6.04. The average Bonchev–Trinajstić information content (AvgIpc) is 2.70. The normalized spacial score (nSPS) is 16.7. The molecule has 0 aliphatic carbocycles. The van der Waals surface area contributed by atoms with E-state index in [4.69, 9.17) is 16.3 Å². The molecule has 0 saturated carbocycles. The molecule has 2 aromatic carbocycles. The van der Waals surface area contributed by atoms with E-state index in [1.165, 1.54) is 12.5 Å². The van der Waals surface area contributed by atoms with Crippen molar-refractivity contribution >= 4 is 17.4 Å². The van der Waals surface area contributed by atoms with Crippen molar-refractivity contribution in [1.82, 2.24) is 9.80 Å². The van der Waals surface area contributed by atoms with E-state index in [9.17, 15) is 9.90 Å². The minimum atomic E-state index is -0.595. The number of piperazine rings is 1. The molecule has 6 heteroatoms. The second kappa shape index (κ2) is 10.0. The number of carbonyl (C=O) groups excluding carboxylic acids is 1. The number of nitrogens with zero attached hydrogens (tertiary/aromatic N) is 2. The minimum absolute atomic E-state index is 0.0399. The predicted octanol–water partition coefficient (Wildman–Crippen LogP) is 3.10. The van der Waals surface area contributed by atoms with Crippen LogP contribution >= 0.6 is 11.6 Å². The van der Waals surface area contributed by atoms with E-state index in [0.717, 1.165) is 37.7 Å². The lowest BCUT2D eigenvalue weighted by molar-refractivity contribution is 0.0443. The van der Waals surface area contributed by atoms with Gasteiger partial charge in [-0.1, -0.05) is 35.9 Å². The molecule has 1 heterocycles. The zero-order valence-corrected chi connectivity index (χ0v) is 16.9. The standard InChI is InChI=1S/C22H27ClN2O3/c1-17(26)21-4-2-3-5-22(21)28-16-20(27)15-25-12-10-24(11-13-25)14-18-6-8-19(23)9-7-18/h2-9,20,27H,10-16H2,1H3. The first-order valence-electron chi connectivity index (χ1n) is 9.61. The van der Waals surface area contributed by atoms with Crippen molar-refractivity contribution < 1.29 is 14.6 Å². The topological polar surface area (TPSA) is 53.0 Å². The first kappa shape index (κ1) is 20.8. The zero-order chi connectivity index (χ0) is 19.9.